The van der Waals surface area contributed by atoms with Gasteiger partial charge < -0.3 is 0 Å². The number of hydrogen-bond acceptors (Lipinski definition) is 6. The average molecular weight is 646 g/mol. The zero-order valence-electron chi connectivity index (χ0n) is 26.2. The number of benzene rings is 6. The fraction of sp³-hybridized carbons (Fsp3) is 0. The lowest BCUT2D eigenvalue weighted by atomic mass is 10.1. The Morgan fingerprint density at radius 2 is 0.816 bits per heavy atom. The first-order valence-corrected chi connectivity index (χ1v) is 16.9. The summed E-state index contributed by atoms with van der Waals surface area (Å²) >= 11 is 1.74. The molecule has 5 nitrogen and oxygen atoms in total. The summed E-state index contributed by atoms with van der Waals surface area (Å²) in [5, 5.41) is 2.34. The Labute approximate surface area is 287 Å². The quantitative estimate of drug-likeness (QED) is 0.180. The summed E-state index contributed by atoms with van der Waals surface area (Å²) in [6.45, 7) is 0. The van der Waals surface area contributed by atoms with Gasteiger partial charge in [0.2, 0.25) is 0 Å². The summed E-state index contributed by atoms with van der Waals surface area (Å²) < 4.78 is 2.28. The number of hydrogen-bond donors (Lipinski definition) is 0. The van der Waals surface area contributed by atoms with E-state index < -0.39 is 0 Å². The Morgan fingerprint density at radius 3 is 1.37 bits per heavy atom. The molecule has 49 heavy (non-hydrogen) atoms. The molecule has 6 aromatic carbocycles. The fourth-order valence-electron chi connectivity index (χ4n) is 6.13. The first-order chi connectivity index (χ1) is 24.3. The Balaban J connectivity index is 1.20. The summed E-state index contributed by atoms with van der Waals surface area (Å²) in [7, 11) is 0. The van der Waals surface area contributed by atoms with Gasteiger partial charge in [0.15, 0.2) is 23.3 Å². The van der Waals surface area contributed by atoms with Crippen molar-refractivity contribution in [2.75, 3.05) is 0 Å². The largest absolute Gasteiger partial charge is 0.228 e. The van der Waals surface area contributed by atoms with Crippen LogP contribution < -0.4 is 0 Å². The van der Waals surface area contributed by atoms with Crippen molar-refractivity contribution in [2.24, 2.45) is 0 Å². The molecule has 0 aliphatic carbocycles. The number of rotatable bonds is 6. The van der Waals surface area contributed by atoms with Gasteiger partial charge in [-0.25, -0.2) is 24.9 Å². The predicted molar refractivity (Wildman–Crippen MR) is 201 cm³/mol. The van der Waals surface area contributed by atoms with Crippen LogP contribution >= 0.6 is 11.3 Å². The smallest absolute Gasteiger partial charge is 0.165 e. The van der Waals surface area contributed by atoms with Crippen molar-refractivity contribution in [3.63, 3.8) is 0 Å². The molecule has 6 heteroatoms. The normalized spacial score (nSPS) is 11.3. The van der Waals surface area contributed by atoms with E-state index in [1.807, 2.05) is 97.1 Å². The second kappa shape index (κ2) is 12.3. The summed E-state index contributed by atoms with van der Waals surface area (Å²) in [5.41, 5.74) is 7.73. The molecule has 3 heterocycles. The second-order valence-electron chi connectivity index (χ2n) is 11.7. The maximum atomic E-state index is 5.07. The number of aromatic nitrogens is 5. The third-order valence-electron chi connectivity index (χ3n) is 8.56. The van der Waals surface area contributed by atoms with E-state index in [-0.39, 0.29) is 0 Å². The number of thiophene rings is 1. The highest BCUT2D eigenvalue weighted by Crippen LogP contribution is 2.41. The van der Waals surface area contributed by atoms with E-state index in [0.29, 0.717) is 23.3 Å². The van der Waals surface area contributed by atoms with E-state index in [4.69, 9.17) is 24.9 Å². The summed E-state index contributed by atoms with van der Waals surface area (Å²) in [6, 6.07) is 55.7. The summed E-state index contributed by atoms with van der Waals surface area (Å²) in [6.07, 6.45) is 0. The van der Waals surface area contributed by atoms with Crippen LogP contribution in [0.2, 0.25) is 0 Å². The maximum absolute atomic E-state index is 5.07. The van der Waals surface area contributed by atoms with Crippen LogP contribution in [0.4, 0.5) is 0 Å². The zero-order chi connectivity index (χ0) is 32.6. The molecule has 0 saturated heterocycles. The SMILES string of the molecule is c1ccc(-c2cc(-c3ccccc3)nc(-c3ccc4c(c3)sc3c(-c5nc(-c6ccccc6)nc(-c6ccccc6)n5)cccc34)n2)cc1. The van der Waals surface area contributed by atoms with Gasteiger partial charge in [-0.05, 0) is 18.2 Å². The molecule has 0 spiro atoms. The standard InChI is InChI=1S/C43H27N5S/c1-5-14-28(15-6-1)36-27-37(29-16-7-2-8-17-29)45-42(44-36)32-24-25-33-34-22-13-23-35(39(34)49-38(33)26-32)43-47-40(30-18-9-3-10-19-30)46-41(48-43)31-20-11-4-12-21-31/h1-27H. The fourth-order valence-corrected chi connectivity index (χ4v) is 7.38. The average Bonchev–Trinajstić information content (AvgIpc) is 3.57. The molecule has 0 fully saturated rings. The maximum Gasteiger partial charge on any atom is 0.165 e. The van der Waals surface area contributed by atoms with Gasteiger partial charge in [-0.15, -0.1) is 11.3 Å². The summed E-state index contributed by atoms with van der Waals surface area (Å²) in [4.78, 5) is 25.1. The van der Waals surface area contributed by atoms with Gasteiger partial charge in [0.25, 0.3) is 0 Å². The van der Waals surface area contributed by atoms with E-state index in [2.05, 4.69) is 66.7 Å². The summed E-state index contributed by atoms with van der Waals surface area (Å²) in [5.74, 6) is 2.64. The lowest BCUT2D eigenvalue weighted by molar-refractivity contribution is 1.08. The minimum absolute atomic E-state index is 0.648. The molecule has 3 aromatic heterocycles. The van der Waals surface area contributed by atoms with Crippen molar-refractivity contribution in [3.8, 4) is 68.1 Å². The monoisotopic (exact) mass is 645 g/mol. The molecule has 0 aliphatic rings. The second-order valence-corrected chi connectivity index (χ2v) is 12.8. The number of fused-ring (bicyclic) bond motifs is 3. The van der Waals surface area contributed by atoms with Gasteiger partial charge in [0.1, 0.15) is 0 Å². The molecule has 0 N–H and O–H groups in total. The van der Waals surface area contributed by atoms with Crippen LogP contribution in [0.15, 0.2) is 164 Å². The van der Waals surface area contributed by atoms with Crippen molar-refractivity contribution in [3.05, 3.63) is 164 Å². The van der Waals surface area contributed by atoms with Crippen molar-refractivity contribution in [2.45, 2.75) is 0 Å². The molecule has 0 saturated carbocycles. The van der Waals surface area contributed by atoms with Gasteiger partial charge in [0.05, 0.1) is 11.4 Å². The van der Waals surface area contributed by atoms with Gasteiger partial charge in [0, 0.05) is 53.6 Å². The molecule has 9 aromatic rings. The van der Waals surface area contributed by atoms with Crippen LogP contribution in [0.5, 0.6) is 0 Å². The predicted octanol–water partition coefficient (Wildman–Crippen LogP) is 11.0. The molecular formula is C43H27N5S. The van der Waals surface area contributed by atoms with Crippen LogP contribution in [0.1, 0.15) is 0 Å². The highest BCUT2D eigenvalue weighted by molar-refractivity contribution is 7.26. The Morgan fingerprint density at radius 1 is 0.327 bits per heavy atom. The Hall–Kier alpha value is -6.37. The minimum atomic E-state index is 0.648. The van der Waals surface area contributed by atoms with Crippen LogP contribution in [0.3, 0.4) is 0 Å². The van der Waals surface area contributed by atoms with Crippen LogP contribution in [0.25, 0.3) is 88.2 Å². The molecule has 0 radical (unpaired) electrons. The van der Waals surface area contributed by atoms with Crippen molar-refractivity contribution < 1.29 is 0 Å². The van der Waals surface area contributed by atoms with E-state index in [9.17, 15) is 0 Å². The van der Waals surface area contributed by atoms with Gasteiger partial charge >= 0.3 is 0 Å². The van der Waals surface area contributed by atoms with E-state index >= 15 is 0 Å². The first kappa shape index (κ1) is 28.8. The van der Waals surface area contributed by atoms with E-state index in [0.717, 1.165) is 59.6 Å². The Bertz CT molecular complexity index is 2470. The highest BCUT2D eigenvalue weighted by Gasteiger charge is 2.18. The molecule has 0 atom stereocenters. The van der Waals surface area contributed by atoms with E-state index in [1.165, 1.54) is 5.39 Å². The first-order valence-electron chi connectivity index (χ1n) is 16.1. The highest BCUT2D eigenvalue weighted by atomic mass is 32.1. The molecule has 0 bridgehead atoms. The van der Waals surface area contributed by atoms with Crippen molar-refractivity contribution in [1.29, 1.82) is 0 Å². The third-order valence-corrected chi connectivity index (χ3v) is 9.76. The van der Waals surface area contributed by atoms with E-state index in [1.54, 1.807) is 11.3 Å². The number of nitrogens with zero attached hydrogens (tertiary/aromatic N) is 5. The third kappa shape index (κ3) is 5.54. The molecule has 0 unspecified atom stereocenters. The lowest BCUT2D eigenvalue weighted by Gasteiger charge is -2.09. The van der Waals surface area contributed by atoms with Crippen molar-refractivity contribution in [1.82, 2.24) is 24.9 Å². The lowest BCUT2D eigenvalue weighted by Crippen LogP contribution is -2.00. The topological polar surface area (TPSA) is 64.5 Å². The van der Waals surface area contributed by atoms with Gasteiger partial charge in [-0.1, -0.05) is 146 Å². The molecular weight excluding hydrogens is 619 g/mol. The van der Waals surface area contributed by atoms with Gasteiger partial charge in [-0.3, -0.25) is 0 Å². The van der Waals surface area contributed by atoms with Crippen LogP contribution in [-0.4, -0.2) is 24.9 Å². The molecule has 0 aliphatic heterocycles. The molecule has 0 amide bonds. The Kier molecular flexibility index (Phi) is 7.26. The van der Waals surface area contributed by atoms with Gasteiger partial charge in [-0.2, -0.15) is 0 Å². The van der Waals surface area contributed by atoms with Crippen LogP contribution in [-0.2, 0) is 0 Å². The minimum Gasteiger partial charge on any atom is -0.228 e. The van der Waals surface area contributed by atoms with Crippen LogP contribution in [0, 0.1) is 0 Å². The molecule has 9 rings (SSSR count). The van der Waals surface area contributed by atoms with Crippen molar-refractivity contribution >= 4 is 31.5 Å². The zero-order valence-corrected chi connectivity index (χ0v) is 27.0. The molecule has 230 valence electrons.